The molecule has 0 N–H and O–H groups in total. The molecule has 0 radical (unpaired) electrons. The Balaban J connectivity index is 2.37. The van der Waals surface area contributed by atoms with Gasteiger partial charge in [-0.2, -0.15) is 17.6 Å². The van der Waals surface area contributed by atoms with Gasteiger partial charge in [0.25, 0.3) is 0 Å². The summed E-state index contributed by atoms with van der Waals surface area (Å²) in [5, 5.41) is -5.11. The molecule has 0 amide bonds. The number of benzene rings is 1. The molecule has 0 aliphatic heterocycles. The number of hydrogen-bond acceptors (Lipinski definition) is 4. The average molecular weight is 342 g/mol. The van der Waals surface area contributed by atoms with Gasteiger partial charge in [-0.3, -0.25) is 4.79 Å². The fourth-order valence-corrected chi connectivity index (χ4v) is 1.96. The maximum atomic E-state index is 13.0. The summed E-state index contributed by atoms with van der Waals surface area (Å²) in [6.45, 7) is -0.493. The van der Waals surface area contributed by atoms with Gasteiger partial charge in [-0.05, 0) is 12.0 Å². The molecule has 0 heterocycles. The van der Waals surface area contributed by atoms with Crippen molar-refractivity contribution in [3.63, 3.8) is 0 Å². The Hall–Kier alpha value is -1.64. The van der Waals surface area contributed by atoms with Gasteiger partial charge in [0, 0.05) is 6.42 Å². The van der Waals surface area contributed by atoms with E-state index in [9.17, 15) is 30.8 Å². The van der Waals surface area contributed by atoms with Gasteiger partial charge < -0.3 is 4.74 Å². The van der Waals surface area contributed by atoms with Crippen LogP contribution in [0.2, 0.25) is 0 Å². The fraction of sp³-hybridized carbons (Fsp3) is 0.462. The summed E-state index contributed by atoms with van der Waals surface area (Å²) >= 11 is 0. The molecule has 124 valence electrons. The third-order valence-corrected chi connectivity index (χ3v) is 3.54. The number of hydrogen-bond donors (Lipinski definition) is 1. The van der Waals surface area contributed by atoms with Crippen LogP contribution in [-0.2, 0) is 26.7 Å². The van der Waals surface area contributed by atoms with E-state index in [0.29, 0.717) is 5.56 Å². The molecule has 9 heteroatoms. The Kier molecular flexibility index (Phi) is 6.34. The lowest BCUT2D eigenvalue weighted by atomic mass is 10.1. The van der Waals surface area contributed by atoms with E-state index in [0.717, 1.165) is 0 Å². The highest BCUT2D eigenvalue weighted by molar-refractivity contribution is 7.73. The molecule has 1 rings (SSSR count). The molecule has 0 aromatic heterocycles. The molecule has 0 bridgehead atoms. The van der Waals surface area contributed by atoms with Crippen LogP contribution in [0.25, 0.3) is 0 Å². The third kappa shape index (κ3) is 4.97. The highest BCUT2D eigenvalue weighted by atomic mass is 32.2. The predicted octanol–water partition coefficient (Wildman–Crippen LogP) is 2.39. The van der Waals surface area contributed by atoms with Gasteiger partial charge in [0.2, 0.25) is 10.7 Å². The predicted molar refractivity (Wildman–Crippen MR) is 70.5 cm³/mol. The van der Waals surface area contributed by atoms with Crippen molar-refractivity contribution in [1.82, 2.24) is 0 Å². The first-order valence-corrected chi connectivity index (χ1v) is 7.44. The van der Waals surface area contributed by atoms with E-state index >= 15 is 0 Å². The number of ether oxygens (including phenoxy) is 1. The van der Waals surface area contributed by atoms with Crippen molar-refractivity contribution in [2.24, 2.45) is 0 Å². The van der Waals surface area contributed by atoms with Crippen molar-refractivity contribution < 1.29 is 35.5 Å². The minimum Gasteiger partial charge on any atom is -0.465 e. The zero-order valence-corrected chi connectivity index (χ0v) is 12.2. The number of esters is 1. The topological polar surface area (TPSA) is 60.4 Å². The maximum Gasteiger partial charge on any atom is 0.404 e. The Morgan fingerprint density at radius 2 is 1.68 bits per heavy atom. The number of carbonyl (C=O) groups excluding carboxylic acids is 1. The Labute approximate surface area is 126 Å². The summed E-state index contributed by atoms with van der Waals surface area (Å²) in [5.41, 5.74) is 0.660. The molecule has 0 aliphatic carbocycles. The van der Waals surface area contributed by atoms with Crippen LogP contribution in [0.15, 0.2) is 30.3 Å². The standard InChI is InChI=1S/C13H14F4O4S/c14-12(15,13(16,17)22(19)20)7-4-8-21-11(18)9-10-5-2-1-3-6-10/h1-3,5-6,22H,4,7-9H2. The van der Waals surface area contributed by atoms with Crippen molar-refractivity contribution >= 4 is 16.7 Å². The van der Waals surface area contributed by atoms with Crippen molar-refractivity contribution in [3.05, 3.63) is 35.9 Å². The monoisotopic (exact) mass is 342 g/mol. The van der Waals surface area contributed by atoms with E-state index in [4.69, 9.17) is 0 Å². The van der Waals surface area contributed by atoms with Crippen LogP contribution in [0.3, 0.4) is 0 Å². The third-order valence-electron chi connectivity index (χ3n) is 2.76. The Morgan fingerprint density at radius 3 is 2.23 bits per heavy atom. The summed E-state index contributed by atoms with van der Waals surface area (Å²) < 4.78 is 76.5. The molecule has 22 heavy (non-hydrogen) atoms. The van der Waals surface area contributed by atoms with Crippen molar-refractivity contribution in [1.29, 1.82) is 0 Å². The zero-order chi connectivity index (χ0) is 16.8. The van der Waals surface area contributed by atoms with Gasteiger partial charge in [0.15, 0.2) is 0 Å². The molecule has 1 aromatic carbocycles. The summed E-state index contributed by atoms with van der Waals surface area (Å²) in [5.74, 6) is -5.38. The fourth-order valence-electron chi connectivity index (χ4n) is 1.58. The highest BCUT2D eigenvalue weighted by Gasteiger charge is 2.58. The van der Waals surface area contributed by atoms with Gasteiger partial charge in [0.1, 0.15) is 0 Å². The van der Waals surface area contributed by atoms with Gasteiger partial charge in [-0.25, -0.2) is 8.42 Å². The van der Waals surface area contributed by atoms with Crippen molar-refractivity contribution in [3.8, 4) is 0 Å². The summed E-state index contributed by atoms with van der Waals surface area (Å²) in [6.07, 6.45) is -2.05. The zero-order valence-electron chi connectivity index (χ0n) is 11.3. The van der Waals surface area contributed by atoms with E-state index in [-0.39, 0.29) is 6.42 Å². The van der Waals surface area contributed by atoms with Gasteiger partial charge in [-0.15, -0.1) is 0 Å². The Bertz CT molecular complexity index is 565. The first-order valence-electron chi connectivity index (χ1n) is 6.26. The van der Waals surface area contributed by atoms with E-state index in [1.54, 1.807) is 30.3 Å². The first-order chi connectivity index (χ1) is 10.2. The minimum absolute atomic E-state index is 0.0696. The molecule has 0 aliphatic rings. The Morgan fingerprint density at radius 1 is 1.09 bits per heavy atom. The highest BCUT2D eigenvalue weighted by Crippen LogP contribution is 2.38. The van der Waals surface area contributed by atoms with Crippen LogP contribution in [0, 0.1) is 0 Å². The van der Waals surface area contributed by atoms with E-state index in [1.165, 1.54) is 0 Å². The van der Waals surface area contributed by atoms with Crippen LogP contribution in [-0.4, -0.2) is 32.2 Å². The second-order valence-corrected chi connectivity index (χ2v) is 5.57. The van der Waals surface area contributed by atoms with Crippen LogP contribution in [0.1, 0.15) is 18.4 Å². The van der Waals surface area contributed by atoms with E-state index in [1.807, 2.05) is 0 Å². The molecular formula is C13H14F4O4S. The number of rotatable bonds is 8. The first kappa shape index (κ1) is 18.4. The maximum absolute atomic E-state index is 13.0. The van der Waals surface area contributed by atoms with Crippen LogP contribution >= 0.6 is 0 Å². The molecular weight excluding hydrogens is 328 g/mol. The second-order valence-electron chi connectivity index (χ2n) is 4.49. The normalized spacial score (nSPS) is 12.4. The molecule has 0 unspecified atom stereocenters. The van der Waals surface area contributed by atoms with Crippen LogP contribution < -0.4 is 0 Å². The summed E-state index contributed by atoms with van der Waals surface area (Å²) in [4.78, 5) is 11.4. The smallest absolute Gasteiger partial charge is 0.404 e. The molecule has 0 fully saturated rings. The molecule has 0 spiro atoms. The van der Waals surface area contributed by atoms with Crippen molar-refractivity contribution in [2.45, 2.75) is 30.4 Å². The quantitative estimate of drug-likeness (QED) is 0.341. The van der Waals surface area contributed by atoms with Gasteiger partial charge in [-0.1, -0.05) is 30.3 Å². The lowest BCUT2D eigenvalue weighted by molar-refractivity contribution is -0.163. The lowest BCUT2D eigenvalue weighted by Crippen LogP contribution is -2.41. The summed E-state index contributed by atoms with van der Waals surface area (Å²) in [6, 6.07) is 8.49. The number of carbonyl (C=O) groups is 1. The summed E-state index contributed by atoms with van der Waals surface area (Å²) in [7, 11) is -4.59. The number of thiol groups is 1. The second kappa shape index (κ2) is 7.57. The van der Waals surface area contributed by atoms with Crippen LogP contribution in [0.4, 0.5) is 17.6 Å². The largest absolute Gasteiger partial charge is 0.465 e. The average Bonchev–Trinajstić information content (AvgIpc) is 2.44. The van der Waals surface area contributed by atoms with Crippen LogP contribution in [0.5, 0.6) is 0 Å². The molecule has 1 aromatic rings. The molecule has 0 saturated carbocycles. The number of halogens is 4. The molecule has 4 nitrogen and oxygen atoms in total. The van der Waals surface area contributed by atoms with E-state index in [2.05, 4.69) is 4.74 Å². The van der Waals surface area contributed by atoms with Crippen molar-refractivity contribution in [2.75, 3.05) is 6.61 Å². The van der Waals surface area contributed by atoms with E-state index < -0.39 is 47.3 Å². The molecule has 0 saturated heterocycles. The SMILES string of the molecule is O=C(Cc1ccccc1)OCCCC(F)(F)C(F)(F)[SH](=O)=O. The molecule has 0 atom stereocenters. The number of alkyl halides is 4. The lowest BCUT2D eigenvalue weighted by Gasteiger charge is -2.21. The van der Waals surface area contributed by atoms with Gasteiger partial charge in [0.05, 0.1) is 13.0 Å². The van der Waals surface area contributed by atoms with Gasteiger partial charge >= 0.3 is 17.1 Å². The minimum atomic E-state index is -5.11.